The minimum absolute atomic E-state index is 0.0372. The maximum absolute atomic E-state index is 12.3. The Morgan fingerprint density at radius 1 is 0.926 bits per heavy atom. The molecule has 0 aliphatic rings. The number of benzene rings is 3. The van der Waals surface area contributed by atoms with E-state index in [1.165, 1.54) is 5.56 Å². The van der Waals surface area contributed by atoms with Crippen LogP contribution in [0.15, 0.2) is 78.9 Å². The number of carbonyl (C=O) groups is 1. The van der Waals surface area contributed by atoms with Gasteiger partial charge < -0.3 is 9.64 Å². The Morgan fingerprint density at radius 2 is 1.56 bits per heavy atom. The topological polar surface area (TPSA) is 53.3 Å². The van der Waals surface area contributed by atoms with Gasteiger partial charge in [-0.15, -0.1) is 0 Å². The van der Waals surface area contributed by atoms with E-state index in [1.54, 1.807) is 36.2 Å². The molecule has 0 atom stereocenters. The van der Waals surface area contributed by atoms with Gasteiger partial charge in [-0.25, -0.2) is 0 Å². The summed E-state index contributed by atoms with van der Waals surface area (Å²) in [5.74, 6) is 0.467. The predicted octanol–water partition coefficient (Wildman–Crippen LogP) is 4.26. The highest BCUT2D eigenvalue weighted by atomic mass is 16.5. The Bertz CT molecular complexity index is 927. The molecule has 0 radical (unpaired) electrons. The summed E-state index contributed by atoms with van der Waals surface area (Å²) >= 11 is 0. The van der Waals surface area contributed by atoms with Gasteiger partial charge in [-0.3, -0.25) is 4.79 Å². The van der Waals surface area contributed by atoms with Crippen molar-refractivity contribution in [3.05, 3.63) is 90.0 Å². The van der Waals surface area contributed by atoms with E-state index >= 15 is 0 Å². The number of amides is 1. The summed E-state index contributed by atoms with van der Waals surface area (Å²) in [6, 6.07) is 27.1. The molecular formula is C23H20N2O2. The van der Waals surface area contributed by atoms with Gasteiger partial charge in [-0.05, 0) is 41.0 Å². The van der Waals surface area contributed by atoms with Crippen molar-refractivity contribution < 1.29 is 9.53 Å². The number of nitriles is 1. The zero-order valence-electron chi connectivity index (χ0n) is 15.1. The summed E-state index contributed by atoms with van der Waals surface area (Å²) in [4.78, 5) is 13.9. The monoisotopic (exact) mass is 356 g/mol. The number of carbonyl (C=O) groups excluding carboxylic acids is 1. The molecular weight excluding hydrogens is 336 g/mol. The van der Waals surface area contributed by atoms with Gasteiger partial charge in [0.25, 0.3) is 5.91 Å². The molecule has 0 saturated heterocycles. The third-order valence-electron chi connectivity index (χ3n) is 4.25. The van der Waals surface area contributed by atoms with Crippen molar-refractivity contribution in [3.63, 3.8) is 0 Å². The Hall–Kier alpha value is -3.58. The van der Waals surface area contributed by atoms with Gasteiger partial charge in [0.1, 0.15) is 5.75 Å². The Balaban J connectivity index is 1.53. The van der Waals surface area contributed by atoms with Crippen LogP contribution in [0.2, 0.25) is 0 Å². The largest absolute Gasteiger partial charge is 0.484 e. The molecule has 134 valence electrons. The molecule has 0 N–H and O–H groups in total. The van der Waals surface area contributed by atoms with Crippen LogP contribution in [0.4, 0.5) is 0 Å². The van der Waals surface area contributed by atoms with Crippen LogP contribution in [0.5, 0.6) is 5.75 Å². The lowest BCUT2D eigenvalue weighted by atomic mass is 10.0. The van der Waals surface area contributed by atoms with Crippen LogP contribution in [0, 0.1) is 11.3 Å². The summed E-state index contributed by atoms with van der Waals surface area (Å²) in [5, 5.41) is 8.79. The van der Waals surface area contributed by atoms with E-state index in [4.69, 9.17) is 10.00 Å². The molecule has 1 amide bonds. The highest BCUT2D eigenvalue weighted by Gasteiger charge is 2.10. The summed E-state index contributed by atoms with van der Waals surface area (Å²) in [6.07, 6.45) is 0. The van der Waals surface area contributed by atoms with E-state index < -0.39 is 0 Å². The molecule has 0 bridgehead atoms. The number of rotatable bonds is 6. The summed E-state index contributed by atoms with van der Waals surface area (Å²) < 4.78 is 5.50. The molecule has 0 saturated carbocycles. The van der Waals surface area contributed by atoms with Gasteiger partial charge >= 0.3 is 0 Å². The van der Waals surface area contributed by atoms with Crippen molar-refractivity contribution >= 4 is 5.91 Å². The Kier molecular flexibility index (Phi) is 5.86. The number of hydrogen-bond donors (Lipinski definition) is 0. The molecule has 0 aromatic heterocycles. The van der Waals surface area contributed by atoms with Gasteiger partial charge in [-0.1, -0.05) is 54.6 Å². The first kappa shape index (κ1) is 18.2. The molecule has 0 heterocycles. The smallest absolute Gasteiger partial charge is 0.260 e. The number of ether oxygens (including phenoxy) is 1. The molecule has 27 heavy (non-hydrogen) atoms. The van der Waals surface area contributed by atoms with E-state index in [0.717, 1.165) is 11.1 Å². The first-order chi connectivity index (χ1) is 13.2. The number of nitrogens with zero attached hydrogens (tertiary/aromatic N) is 2. The first-order valence-electron chi connectivity index (χ1n) is 8.67. The highest BCUT2D eigenvalue weighted by molar-refractivity contribution is 5.77. The van der Waals surface area contributed by atoms with Gasteiger partial charge in [0.2, 0.25) is 0 Å². The van der Waals surface area contributed by atoms with E-state index in [9.17, 15) is 4.79 Å². The molecule has 0 spiro atoms. The summed E-state index contributed by atoms with van der Waals surface area (Å²) in [6.45, 7) is 0.481. The van der Waals surface area contributed by atoms with Crippen molar-refractivity contribution in [2.45, 2.75) is 6.54 Å². The van der Waals surface area contributed by atoms with Crippen molar-refractivity contribution in [1.82, 2.24) is 4.90 Å². The molecule has 4 heteroatoms. The van der Waals surface area contributed by atoms with Crippen LogP contribution in [0.25, 0.3) is 11.1 Å². The summed E-state index contributed by atoms with van der Waals surface area (Å²) in [7, 11) is 1.76. The zero-order valence-corrected chi connectivity index (χ0v) is 15.1. The van der Waals surface area contributed by atoms with Gasteiger partial charge in [0, 0.05) is 13.6 Å². The highest BCUT2D eigenvalue weighted by Crippen LogP contribution is 2.19. The third-order valence-corrected chi connectivity index (χ3v) is 4.25. The molecule has 3 rings (SSSR count). The first-order valence-corrected chi connectivity index (χ1v) is 8.67. The lowest BCUT2D eigenvalue weighted by Crippen LogP contribution is -2.30. The molecule has 4 nitrogen and oxygen atoms in total. The Morgan fingerprint density at radius 3 is 2.19 bits per heavy atom. The normalized spacial score (nSPS) is 10.1. The van der Waals surface area contributed by atoms with Crippen LogP contribution < -0.4 is 4.74 Å². The van der Waals surface area contributed by atoms with E-state index in [-0.39, 0.29) is 12.5 Å². The fourth-order valence-electron chi connectivity index (χ4n) is 2.68. The second kappa shape index (κ2) is 8.68. The van der Waals surface area contributed by atoms with Crippen molar-refractivity contribution in [2.24, 2.45) is 0 Å². The lowest BCUT2D eigenvalue weighted by molar-refractivity contribution is -0.132. The van der Waals surface area contributed by atoms with Crippen LogP contribution in [0.3, 0.4) is 0 Å². The average molecular weight is 356 g/mol. The molecule has 0 aliphatic carbocycles. The van der Waals surface area contributed by atoms with E-state index in [0.29, 0.717) is 17.9 Å². The quantitative estimate of drug-likeness (QED) is 0.663. The lowest BCUT2D eigenvalue weighted by Gasteiger charge is -2.18. The van der Waals surface area contributed by atoms with Crippen molar-refractivity contribution in [1.29, 1.82) is 5.26 Å². The van der Waals surface area contributed by atoms with Crippen LogP contribution in [-0.4, -0.2) is 24.5 Å². The molecule has 0 fully saturated rings. The van der Waals surface area contributed by atoms with Crippen molar-refractivity contribution in [3.8, 4) is 22.9 Å². The van der Waals surface area contributed by atoms with Crippen LogP contribution in [0.1, 0.15) is 11.1 Å². The minimum atomic E-state index is -0.105. The van der Waals surface area contributed by atoms with Crippen LogP contribution in [-0.2, 0) is 11.3 Å². The third kappa shape index (κ3) is 4.96. The second-order valence-corrected chi connectivity index (χ2v) is 6.24. The van der Waals surface area contributed by atoms with Crippen LogP contribution >= 0.6 is 0 Å². The van der Waals surface area contributed by atoms with Gasteiger partial charge in [0.05, 0.1) is 11.6 Å². The minimum Gasteiger partial charge on any atom is -0.484 e. The number of hydrogen-bond acceptors (Lipinski definition) is 3. The molecule has 3 aromatic carbocycles. The fourth-order valence-corrected chi connectivity index (χ4v) is 2.68. The molecule has 0 unspecified atom stereocenters. The standard InChI is InChI=1S/C23H20N2O2/c1-25(23(26)17-27-22-13-9-18(15-24)10-14-22)16-19-7-11-21(12-8-19)20-5-3-2-4-6-20/h2-14H,16-17H2,1H3. The predicted molar refractivity (Wildman–Crippen MR) is 105 cm³/mol. The Labute approximate surface area is 159 Å². The maximum Gasteiger partial charge on any atom is 0.260 e. The SMILES string of the molecule is CN(Cc1ccc(-c2ccccc2)cc1)C(=O)COc1ccc(C#N)cc1. The molecule has 0 aliphatic heterocycles. The zero-order chi connectivity index (χ0) is 19.1. The van der Waals surface area contributed by atoms with E-state index in [1.807, 2.05) is 36.4 Å². The maximum atomic E-state index is 12.3. The summed E-state index contributed by atoms with van der Waals surface area (Å²) in [5.41, 5.74) is 3.94. The molecule has 3 aromatic rings. The second-order valence-electron chi connectivity index (χ2n) is 6.24. The van der Waals surface area contributed by atoms with Crippen molar-refractivity contribution in [2.75, 3.05) is 13.7 Å². The van der Waals surface area contributed by atoms with Gasteiger partial charge in [-0.2, -0.15) is 5.26 Å². The average Bonchev–Trinajstić information content (AvgIpc) is 2.73. The van der Waals surface area contributed by atoms with E-state index in [2.05, 4.69) is 24.3 Å². The van der Waals surface area contributed by atoms with Gasteiger partial charge in [0.15, 0.2) is 6.61 Å². The fraction of sp³-hybridized carbons (Fsp3) is 0.130. The number of likely N-dealkylation sites (N-methyl/N-ethyl adjacent to an activating group) is 1.